The first kappa shape index (κ1) is 28.3. The lowest BCUT2D eigenvalue weighted by Gasteiger charge is -2.12. The van der Waals surface area contributed by atoms with Crippen molar-refractivity contribution in [3.63, 3.8) is 0 Å². The highest BCUT2D eigenvalue weighted by Gasteiger charge is 2.15. The van der Waals surface area contributed by atoms with Gasteiger partial charge in [-0.3, -0.25) is 4.79 Å². The van der Waals surface area contributed by atoms with Gasteiger partial charge in [-0.1, -0.05) is 48.2 Å². The van der Waals surface area contributed by atoms with Crippen LogP contribution in [0.5, 0.6) is 11.5 Å². The monoisotopic (exact) mass is 553 g/mol. The van der Waals surface area contributed by atoms with Crippen molar-refractivity contribution in [1.82, 2.24) is 14.5 Å². The van der Waals surface area contributed by atoms with Gasteiger partial charge >= 0.3 is 0 Å². The fourth-order valence-electron chi connectivity index (χ4n) is 3.84. The molecule has 10 heteroatoms. The Balaban J connectivity index is 1.46. The van der Waals surface area contributed by atoms with Gasteiger partial charge in [0.2, 0.25) is 0 Å². The first-order valence-electron chi connectivity index (χ1n) is 12.3. The molecule has 0 aliphatic carbocycles. The Morgan fingerprint density at radius 3 is 2.46 bits per heavy atom. The number of thioether (sulfide) groups is 1. The first-order chi connectivity index (χ1) is 19.0. The van der Waals surface area contributed by atoms with Crippen molar-refractivity contribution >= 4 is 11.8 Å². The zero-order valence-electron chi connectivity index (χ0n) is 21.7. The van der Waals surface area contributed by atoms with E-state index in [1.807, 2.05) is 36.4 Å². The molecule has 0 N–H and O–H groups in total. The van der Waals surface area contributed by atoms with Crippen LogP contribution in [0.4, 0.5) is 8.78 Å². The maximum atomic E-state index is 13.7. The number of hydrogen-bond acceptors (Lipinski definition) is 7. The summed E-state index contributed by atoms with van der Waals surface area (Å²) in [5.41, 5.74) is 2.17. The summed E-state index contributed by atoms with van der Waals surface area (Å²) in [5, 5.41) is 0.253. The third-order valence-corrected chi connectivity index (χ3v) is 6.74. The predicted octanol–water partition coefficient (Wildman–Crippen LogP) is 6.01. The molecule has 7 nitrogen and oxygen atoms in total. The molecule has 0 aliphatic heterocycles. The minimum atomic E-state index is -2.75. The Bertz CT molecular complexity index is 1430. The molecule has 0 unspecified atom stereocenters. The lowest BCUT2D eigenvalue weighted by molar-refractivity contribution is 0.122. The molecule has 2 heterocycles. The SMILES string of the molecule is COc1ccc(Cn2cc(-c3cc(C(F)F)nc(SCCCOCc4ccccc4)n3)ccc2=O)cc1OC. The van der Waals surface area contributed by atoms with Crippen molar-refractivity contribution in [2.45, 2.75) is 31.2 Å². The quantitative estimate of drug-likeness (QED) is 0.114. The molecule has 0 bridgehead atoms. The van der Waals surface area contributed by atoms with E-state index in [4.69, 9.17) is 14.2 Å². The molecule has 0 fully saturated rings. The minimum Gasteiger partial charge on any atom is -0.493 e. The molecule has 0 atom stereocenters. The van der Waals surface area contributed by atoms with Crippen molar-refractivity contribution in [2.24, 2.45) is 0 Å². The summed E-state index contributed by atoms with van der Waals surface area (Å²) in [5.74, 6) is 1.74. The highest BCUT2D eigenvalue weighted by molar-refractivity contribution is 7.99. The van der Waals surface area contributed by atoms with Gasteiger partial charge in [0.15, 0.2) is 16.7 Å². The lowest BCUT2D eigenvalue weighted by Crippen LogP contribution is -2.19. The molecular weight excluding hydrogens is 524 g/mol. The van der Waals surface area contributed by atoms with Crippen LogP contribution in [0.1, 0.15) is 29.7 Å². The minimum absolute atomic E-state index is 0.234. The molecule has 39 heavy (non-hydrogen) atoms. The smallest absolute Gasteiger partial charge is 0.280 e. The Morgan fingerprint density at radius 1 is 0.923 bits per heavy atom. The Morgan fingerprint density at radius 2 is 1.72 bits per heavy atom. The van der Waals surface area contributed by atoms with Gasteiger partial charge in [0, 0.05) is 30.2 Å². The fourth-order valence-corrected chi connectivity index (χ4v) is 4.62. The summed E-state index contributed by atoms with van der Waals surface area (Å²) in [6.07, 6.45) is -0.425. The van der Waals surface area contributed by atoms with Crippen LogP contribution in [0.3, 0.4) is 0 Å². The zero-order valence-corrected chi connectivity index (χ0v) is 22.5. The maximum Gasteiger partial charge on any atom is 0.280 e. The second kappa shape index (κ2) is 13.9. The Labute approximate surface area is 229 Å². The summed E-state index contributed by atoms with van der Waals surface area (Å²) in [6.45, 7) is 1.31. The van der Waals surface area contributed by atoms with Gasteiger partial charge in [-0.2, -0.15) is 0 Å². The molecule has 0 aliphatic rings. The molecule has 2 aromatic heterocycles. The standard InChI is InChI=1S/C29H29F2N3O4S/c1-36-25-11-9-21(15-26(25)37-2)17-34-18-22(10-12-27(34)35)23-16-24(28(30)31)33-29(32-23)39-14-6-13-38-19-20-7-4-3-5-8-20/h3-5,7-12,15-16,18,28H,6,13-14,17,19H2,1-2H3. The van der Waals surface area contributed by atoms with Gasteiger partial charge in [0.1, 0.15) is 5.69 Å². The average Bonchev–Trinajstić information content (AvgIpc) is 2.96. The second-order valence-electron chi connectivity index (χ2n) is 8.57. The van der Waals surface area contributed by atoms with Gasteiger partial charge < -0.3 is 18.8 Å². The van der Waals surface area contributed by atoms with E-state index >= 15 is 0 Å². The van der Waals surface area contributed by atoms with E-state index < -0.39 is 6.43 Å². The van der Waals surface area contributed by atoms with E-state index in [1.165, 1.54) is 35.6 Å². The maximum absolute atomic E-state index is 13.7. The van der Waals surface area contributed by atoms with Gasteiger partial charge in [-0.15, -0.1) is 0 Å². The number of methoxy groups -OCH3 is 2. The van der Waals surface area contributed by atoms with Crippen LogP contribution in [0, 0.1) is 0 Å². The van der Waals surface area contributed by atoms with Gasteiger partial charge in [0.25, 0.3) is 12.0 Å². The van der Waals surface area contributed by atoms with Crippen LogP contribution < -0.4 is 15.0 Å². The molecule has 4 aromatic rings. The van der Waals surface area contributed by atoms with Crippen LogP contribution in [0.15, 0.2) is 82.9 Å². The number of rotatable bonds is 13. The highest BCUT2D eigenvalue weighted by Crippen LogP contribution is 2.29. The normalized spacial score (nSPS) is 11.1. The summed E-state index contributed by atoms with van der Waals surface area (Å²) in [7, 11) is 3.09. The molecule has 2 aromatic carbocycles. The highest BCUT2D eigenvalue weighted by atomic mass is 32.2. The second-order valence-corrected chi connectivity index (χ2v) is 9.64. The number of hydrogen-bond donors (Lipinski definition) is 0. The van der Waals surface area contributed by atoms with E-state index in [-0.39, 0.29) is 23.0 Å². The number of halogens is 2. The van der Waals surface area contributed by atoms with E-state index in [9.17, 15) is 13.6 Å². The third kappa shape index (κ3) is 7.87. The van der Waals surface area contributed by atoms with Crippen LogP contribution in [0.25, 0.3) is 11.3 Å². The molecule has 0 spiro atoms. The van der Waals surface area contributed by atoms with Crippen molar-refractivity contribution < 1.29 is 23.0 Å². The molecule has 4 rings (SSSR count). The summed E-state index contributed by atoms with van der Waals surface area (Å²) >= 11 is 1.29. The Hall–Kier alpha value is -3.76. The summed E-state index contributed by atoms with van der Waals surface area (Å²) in [4.78, 5) is 21.1. The van der Waals surface area contributed by atoms with Crippen LogP contribution in [0.2, 0.25) is 0 Å². The van der Waals surface area contributed by atoms with Crippen LogP contribution >= 0.6 is 11.8 Å². The largest absolute Gasteiger partial charge is 0.493 e. The van der Waals surface area contributed by atoms with Crippen molar-refractivity contribution in [1.29, 1.82) is 0 Å². The molecule has 0 radical (unpaired) electrons. The van der Waals surface area contributed by atoms with E-state index in [1.54, 1.807) is 31.5 Å². The van der Waals surface area contributed by atoms with Crippen LogP contribution in [-0.2, 0) is 17.9 Å². The predicted molar refractivity (Wildman–Crippen MR) is 147 cm³/mol. The molecule has 0 saturated heterocycles. The molecular formula is C29H29F2N3O4S. The molecule has 204 valence electrons. The molecule has 0 saturated carbocycles. The first-order valence-corrected chi connectivity index (χ1v) is 13.3. The summed E-state index contributed by atoms with van der Waals surface area (Å²) in [6, 6.07) is 19.5. The van der Waals surface area contributed by atoms with Crippen molar-refractivity contribution in [3.8, 4) is 22.8 Å². The van der Waals surface area contributed by atoms with Crippen molar-refractivity contribution in [3.05, 3.63) is 100 Å². The topological polar surface area (TPSA) is 75.5 Å². The van der Waals surface area contributed by atoms with Gasteiger partial charge in [-0.05, 0) is 41.8 Å². The number of nitrogens with zero attached hydrogens (tertiary/aromatic N) is 3. The summed E-state index contributed by atoms with van der Waals surface area (Å²) < 4.78 is 45.1. The number of aromatic nitrogens is 3. The third-order valence-electron chi connectivity index (χ3n) is 5.80. The number of alkyl halides is 2. The van der Waals surface area contributed by atoms with Gasteiger partial charge in [0.05, 0.1) is 33.1 Å². The Kier molecular flexibility index (Phi) is 10.0. The number of benzene rings is 2. The average molecular weight is 554 g/mol. The molecule has 0 amide bonds. The van der Waals surface area contributed by atoms with E-state index in [0.717, 1.165) is 11.1 Å². The number of ether oxygens (including phenoxy) is 3. The number of pyridine rings is 1. The fraction of sp³-hybridized carbons (Fsp3) is 0.276. The van der Waals surface area contributed by atoms with Crippen LogP contribution in [-0.4, -0.2) is 41.1 Å². The van der Waals surface area contributed by atoms with E-state index in [2.05, 4.69) is 9.97 Å². The zero-order chi connectivity index (χ0) is 27.6. The van der Waals surface area contributed by atoms with E-state index in [0.29, 0.717) is 48.1 Å². The van der Waals surface area contributed by atoms with Crippen molar-refractivity contribution in [2.75, 3.05) is 26.6 Å². The lowest BCUT2D eigenvalue weighted by atomic mass is 10.1. The van der Waals surface area contributed by atoms with Gasteiger partial charge in [-0.25, -0.2) is 18.7 Å².